The fraction of sp³-hybridized carbons (Fsp3) is 0.364. The molecule has 0 heterocycles. The summed E-state index contributed by atoms with van der Waals surface area (Å²) in [7, 11) is 5.03. The fourth-order valence-electron chi connectivity index (χ4n) is 3.00. The van der Waals surface area contributed by atoms with Crippen LogP contribution in [0, 0.1) is 13.8 Å². The summed E-state index contributed by atoms with van der Waals surface area (Å²) in [5.41, 5.74) is 3.70. The molecule has 7 heteroatoms. The highest BCUT2D eigenvalue weighted by Crippen LogP contribution is 2.25. The maximum atomic E-state index is 12.2. The van der Waals surface area contributed by atoms with Crippen molar-refractivity contribution in [2.24, 2.45) is 0 Å². The van der Waals surface area contributed by atoms with Gasteiger partial charge in [0.1, 0.15) is 11.5 Å². The quantitative estimate of drug-likeness (QED) is 0.677. The number of likely N-dealkylation sites (N-methyl/N-ethyl adjacent to an activating group) is 1. The van der Waals surface area contributed by atoms with E-state index >= 15 is 0 Å². The maximum Gasteiger partial charge on any atom is 0.243 e. The highest BCUT2D eigenvalue weighted by molar-refractivity contribution is 5.95. The summed E-state index contributed by atoms with van der Waals surface area (Å²) < 4.78 is 10.6. The molecule has 0 saturated heterocycles. The number of nitrogens with one attached hydrogen (secondary N) is 2. The molecule has 0 bridgehead atoms. The highest BCUT2D eigenvalue weighted by Gasteiger charge is 2.13. The minimum atomic E-state index is -0.254. The Hall–Kier alpha value is -3.06. The van der Waals surface area contributed by atoms with Gasteiger partial charge in [-0.05, 0) is 38.1 Å². The molecule has 2 rings (SSSR count). The predicted octanol–water partition coefficient (Wildman–Crippen LogP) is 2.51. The van der Waals surface area contributed by atoms with Crippen molar-refractivity contribution >= 4 is 17.5 Å². The van der Waals surface area contributed by atoms with Crippen molar-refractivity contribution < 1.29 is 19.1 Å². The summed E-state index contributed by atoms with van der Waals surface area (Å²) >= 11 is 0. The fourth-order valence-corrected chi connectivity index (χ4v) is 3.00. The molecule has 2 N–H and O–H groups in total. The van der Waals surface area contributed by atoms with Crippen LogP contribution in [0.1, 0.15) is 16.7 Å². The van der Waals surface area contributed by atoms with Crippen LogP contribution in [-0.2, 0) is 16.1 Å². The van der Waals surface area contributed by atoms with E-state index in [2.05, 4.69) is 10.6 Å². The largest absolute Gasteiger partial charge is 0.497 e. The van der Waals surface area contributed by atoms with Gasteiger partial charge in [0.25, 0.3) is 0 Å². The van der Waals surface area contributed by atoms with Crippen LogP contribution < -0.4 is 20.1 Å². The van der Waals surface area contributed by atoms with Crippen LogP contribution >= 0.6 is 0 Å². The van der Waals surface area contributed by atoms with Gasteiger partial charge in [0.05, 0.1) is 27.3 Å². The number of hydrogen-bond acceptors (Lipinski definition) is 5. The van der Waals surface area contributed by atoms with Gasteiger partial charge < -0.3 is 20.1 Å². The van der Waals surface area contributed by atoms with Crippen molar-refractivity contribution in [2.45, 2.75) is 20.4 Å². The number of carbonyl (C=O) groups excluding carboxylic acids is 2. The van der Waals surface area contributed by atoms with E-state index in [0.29, 0.717) is 18.0 Å². The number of ether oxygens (including phenoxy) is 2. The van der Waals surface area contributed by atoms with E-state index in [1.807, 2.05) is 56.1 Å². The monoisotopic (exact) mass is 399 g/mol. The molecule has 29 heavy (non-hydrogen) atoms. The Morgan fingerprint density at radius 3 is 2.31 bits per heavy atom. The van der Waals surface area contributed by atoms with Gasteiger partial charge in [0.2, 0.25) is 11.8 Å². The summed E-state index contributed by atoms with van der Waals surface area (Å²) in [5.74, 6) is 0.928. The first-order valence-electron chi connectivity index (χ1n) is 9.36. The second-order valence-corrected chi connectivity index (χ2v) is 6.94. The first-order valence-corrected chi connectivity index (χ1v) is 9.36. The van der Waals surface area contributed by atoms with Gasteiger partial charge in [0.15, 0.2) is 0 Å². The number of benzene rings is 2. The molecule has 0 fully saturated rings. The number of methoxy groups -OCH3 is 2. The van der Waals surface area contributed by atoms with Gasteiger partial charge in [-0.2, -0.15) is 0 Å². The lowest BCUT2D eigenvalue weighted by Gasteiger charge is -2.18. The lowest BCUT2D eigenvalue weighted by atomic mass is 10.1. The molecule has 7 nitrogen and oxygen atoms in total. The highest BCUT2D eigenvalue weighted by atomic mass is 16.5. The van der Waals surface area contributed by atoms with E-state index in [-0.39, 0.29) is 24.9 Å². The molecule has 0 unspecified atom stereocenters. The third-order valence-corrected chi connectivity index (χ3v) is 4.54. The summed E-state index contributed by atoms with van der Waals surface area (Å²) in [6, 6.07) is 11.4. The second-order valence-electron chi connectivity index (χ2n) is 6.94. The Morgan fingerprint density at radius 2 is 1.69 bits per heavy atom. The molecular formula is C22H29N3O4. The van der Waals surface area contributed by atoms with Crippen LogP contribution in [0.25, 0.3) is 0 Å². The number of nitrogens with zero attached hydrogens (tertiary/aromatic N) is 1. The van der Waals surface area contributed by atoms with Crippen molar-refractivity contribution in [1.29, 1.82) is 0 Å². The van der Waals surface area contributed by atoms with Crippen molar-refractivity contribution in [1.82, 2.24) is 10.2 Å². The van der Waals surface area contributed by atoms with E-state index in [9.17, 15) is 9.59 Å². The normalized spacial score (nSPS) is 10.6. The number of carbonyl (C=O) groups is 2. The Bertz CT molecular complexity index is 847. The van der Waals surface area contributed by atoms with E-state index in [4.69, 9.17) is 9.47 Å². The summed E-state index contributed by atoms with van der Waals surface area (Å²) in [4.78, 5) is 26.2. The van der Waals surface area contributed by atoms with Gasteiger partial charge in [-0.3, -0.25) is 14.5 Å². The number of anilines is 1. The molecule has 0 aliphatic heterocycles. The molecule has 0 aliphatic carbocycles. The standard InChI is InChI=1S/C22H29N3O4/c1-15-7-6-8-16(2)22(15)24-20(26)12-23-21(27)14-25(3)13-17-9-10-18(28-4)11-19(17)29-5/h6-11H,12-14H2,1-5H3,(H,23,27)(H,24,26). The van der Waals surface area contributed by atoms with Gasteiger partial charge in [-0.1, -0.05) is 24.3 Å². The number of amides is 2. The van der Waals surface area contributed by atoms with Crippen molar-refractivity contribution in [2.75, 3.05) is 39.7 Å². The lowest BCUT2D eigenvalue weighted by molar-refractivity contribution is -0.124. The Balaban J connectivity index is 1.83. The minimum absolute atomic E-state index is 0.0771. The molecule has 0 radical (unpaired) electrons. The molecule has 0 saturated carbocycles. The average molecular weight is 399 g/mol. The molecule has 0 aromatic heterocycles. The topological polar surface area (TPSA) is 79.9 Å². The van der Waals surface area contributed by atoms with Gasteiger partial charge >= 0.3 is 0 Å². The maximum absolute atomic E-state index is 12.2. The summed E-state index contributed by atoms with van der Waals surface area (Å²) in [6.45, 7) is 4.47. The van der Waals surface area contributed by atoms with E-state index < -0.39 is 0 Å². The third-order valence-electron chi connectivity index (χ3n) is 4.54. The van der Waals surface area contributed by atoms with Crippen LogP contribution in [0.5, 0.6) is 11.5 Å². The molecular weight excluding hydrogens is 370 g/mol. The Morgan fingerprint density at radius 1 is 1.00 bits per heavy atom. The van der Waals surface area contributed by atoms with Gasteiger partial charge in [-0.15, -0.1) is 0 Å². The number of rotatable bonds is 9. The zero-order chi connectivity index (χ0) is 21.4. The number of hydrogen-bond donors (Lipinski definition) is 2. The molecule has 156 valence electrons. The first kappa shape index (κ1) is 22.2. The predicted molar refractivity (Wildman–Crippen MR) is 113 cm³/mol. The van der Waals surface area contributed by atoms with E-state index in [1.54, 1.807) is 20.3 Å². The van der Waals surface area contributed by atoms with Crippen LogP contribution in [0.15, 0.2) is 36.4 Å². The minimum Gasteiger partial charge on any atom is -0.497 e. The smallest absolute Gasteiger partial charge is 0.243 e. The van der Waals surface area contributed by atoms with Crippen LogP contribution in [0.3, 0.4) is 0 Å². The van der Waals surface area contributed by atoms with Crippen molar-refractivity contribution in [3.63, 3.8) is 0 Å². The second kappa shape index (κ2) is 10.5. The van der Waals surface area contributed by atoms with Gasteiger partial charge in [-0.25, -0.2) is 0 Å². The van der Waals surface area contributed by atoms with Crippen LogP contribution in [0.4, 0.5) is 5.69 Å². The zero-order valence-corrected chi connectivity index (χ0v) is 17.7. The summed E-state index contributed by atoms with van der Waals surface area (Å²) in [5, 5.41) is 5.52. The molecule has 0 atom stereocenters. The first-order chi connectivity index (χ1) is 13.8. The number of para-hydroxylation sites is 1. The Labute approximate surface area is 172 Å². The van der Waals surface area contributed by atoms with Crippen molar-refractivity contribution in [3.8, 4) is 11.5 Å². The summed E-state index contributed by atoms with van der Waals surface area (Å²) in [6.07, 6.45) is 0. The molecule has 0 aliphatic rings. The molecule has 0 spiro atoms. The lowest BCUT2D eigenvalue weighted by Crippen LogP contribution is -2.39. The van der Waals surface area contributed by atoms with E-state index in [1.165, 1.54) is 0 Å². The van der Waals surface area contributed by atoms with Crippen LogP contribution in [0.2, 0.25) is 0 Å². The van der Waals surface area contributed by atoms with Crippen LogP contribution in [-0.4, -0.2) is 51.1 Å². The zero-order valence-electron chi connectivity index (χ0n) is 17.7. The van der Waals surface area contributed by atoms with E-state index in [0.717, 1.165) is 22.4 Å². The molecule has 2 aromatic carbocycles. The number of aryl methyl sites for hydroxylation is 2. The SMILES string of the molecule is COc1ccc(CN(C)CC(=O)NCC(=O)Nc2c(C)cccc2C)c(OC)c1. The van der Waals surface area contributed by atoms with Gasteiger partial charge in [0, 0.05) is 23.9 Å². The molecule has 2 aromatic rings. The third kappa shape index (κ3) is 6.50. The molecule has 2 amide bonds. The Kier molecular flexibility index (Phi) is 8.03. The average Bonchev–Trinajstić information content (AvgIpc) is 2.69. The van der Waals surface area contributed by atoms with Crippen molar-refractivity contribution in [3.05, 3.63) is 53.1 Å².